The molecule has 1 atom stereocenters. The Labute approximate surface area is 268 Å². The van der Waals surface area contributed by atoms with Crippen molar-refractivity contribution in [3.63, 3.8) is 0 Å². The molecule has 0 spiro atoms. The van der Waals surface area contributed by atoms with Gasteiger partial charge in [0.2, 0.25) is 17.6 Å². The molecule has 4 aliphatic carbocycles. The Morgan fingerprint density at radius 1 is 1.00 bits per heavy atom. The van der Waals surface area contributed by atoms with Crippen molar-refractivity contribution < 1.29 is 28.4 Å². The largest absolute Gasteiger partial charge is 0.353 e. The van der Waals surface area contributed by atoms with E-state index < -0.39 is 40.9 Å². The van der Waals surface area contributed by atoms with Crippen molar-refractivity contribution in [1.82, 2.24) is 20.5 Å². The van der Waals surface area contributed by atoms with Crippen molar-refractivity contribution in [2.24, 2.45) is 23.7 Å². The maximum absolute atomic E-state index is 14.2. The molecular formula is C33H36FN5O6S. The van der Waals surface area contributed by atoms with Crippen LogP contribution in [0.3, 0.4) is 0 Å². The Morgan fingerprint density at radius 3 is 2.39 bits per heavy atom. The van der Waals surface area contributed by atoms with Gasteiger partial charge >= 0.3 is 0 Å². The number of pyridine rings is 1. The van der Waals surface area contributed by atoms with E-state index in [1.165, 1.54) is 54.6 Å². The standard InChI is InChI=1S/C33H36FN5O6S/c1-35-31(43)25(40)8-7-23(36-32(44)26-15-19-4-2-5-22(34)29(19)46-26)30(42)37-24-6-3-9-39(33(24)45)16-27(41)38-28-20-11-17-10-18(13-20)14-21(28)12-17/h2-6,9,15,17-18,20-21,23,28H,7-8,10-14,16H2,1H3,(H,35,43)(H,36,44)(H,37,42)(H,38,41)/t17?,18?,20?,21?,23-,28?/m0/s1. The molecule has 0 radical (unpaired) electrons. The molecule has 4 N–H and O–H groups in total. The van der Waals surface area contributed by atoms with Gasteiger partial charge in [0.05, 0.1) is 9.58 Å². The molecule has 1 aromatic carbocycles. The molecule has 242 valence electrons. The average molecular weight is 650 g/mol. The van der Waals surface area contributed by atoms with E-state index in [1.807, 2.05) is 0 Å². The number of thiophene rings is 1. The molecule has 0 saturated heterocycles. The summed E-state index contributed by atoms with van der Waals surface area (Å²) in [4.78, 5) is 77.1. The number of aromatic nitrogens is 1. The molecular weight excluding hydrogens is 613 g/mol. The summed E-state index contributed by atoms with van der Waals surface area (Å²) in [5, 5.41) is 11.0. The van der Waals surface area contributed by atoms with Gasteiger partial charge in [0.25, 0.3) is 17.4 Å². The van der Waals surface area contributed by atoms with Gasteiger partial charge in [0, 0.05) is 25.7 Å². The summed E-state index contributed by atoms with van der Waals surface area (Å²) in [6.07, 6.45) is 6.76. The zero-order valence-electron chi connectivity index (χ0n) is 25.3. The van der Waals surface area contributed by atoms with Gasteiger partial charge in [-0.1, -0.05) is 12.1 Å². The van der Waals surface area contributed by atoms with Crippen LogP contribution in [0, 0.1) is 29.5 Å². The van der Waals surface area contributed by atoms with Gasteiger partial charge in [-0.05, 0) is 91.8 Å². The highest BCUT2D eigenvalue weighted by Gasteiger charge is 2.48. The fourth-order valence-electron chi connectivity index (χ4n) is 7.69. The number of halogens is 1. The minimum Gasteiger partial charge on any atom is -0.353 e. The van der Waals surface area contributed by atoms with Crippen molar-refractivity contribution in [2.75, 3.05) is 12.4 Å². The van der Waals surface area contributed by atoms with Crippen LogP contribution in [0.5, 0.6) is 0 Å². The summed E-state index contributed by atoms with van der Waals surface area (Å²) < 4.78 is 15.7. The highest BCUT2D eigenvalue weighted by atomic mass is 32.1. The SMILES string of the molecule is CNC(=O)C(=O)CC[C@H](NC(=O)c1cc2cccc(F)c2s1)C(=O)Nc1cccn(CC(=O)NC2C3CC4CC(C3)CC2C4)c1=O. The number of ketones is 1. The van der Waals surface area contributed by atoms with Crippen LogP contribution in [0.4, 0.5) is 10.1 Å². The Hall–Kier alpha value is -4.39. The number of rotatable bonds is 11. The van der Waals surface area contributed by atoms with E-state index in [2.05, 4.69) is 21.3 Å². The van der Waals surface area contributed by atoms with E-state index in [1.54, 1.807) is 6.07 Å². The number of amides is 4. The minimum atomic E-state index is -1.32. The van der Waals surface area contributed by atoms with Crippen molar-refractivity contribution in [3.8, 4) is 0 Å². The third-order valence-corrected chi connectivity index (χ3v) is 10.8. The summed E-state index contributed by atoms with van der Waals surface area (Å²) in [5.41, 5.74) is -0.724. The van der Waals surface area contributed by atoms with Crippen LogP contribution in [-0.4, -0.2) is 53.1 Å². The zero-order valence-corrected chi connectivity index (χ0v) is 26.2. The molecule has 2 aromatic heterocycles. The maximum atomic E-state index is 14.2. The normalized spacial score (nSPS) is 23.5. The van der Waals surface area contributed by atoms with E-state index >= 15 is 0 Å². The summed E-state index contributed by atoms with van der Waals surface area (Å²) in [6.45, 7) is -0.214. The first kappa shape index (κ1) is 31.6. The van der Waals surface area contributed by atoms with Crippen molar-refractivity contribution in [2.45, 2.75) is 63.6 Å². The first-order valence-electron chi connectivity index (χ1n) is 15.6. The predicted octanol–water partition coefficient (Wildman–Crippen LogP) is 2.98. The second-order valence-corrected chi connectivity index (χ2v) is 13.8. The molecule has 4 fully saturated rings. The van der Waals surface area contributed by atoms with Crippen molar-refractivity contribution in [3.05, 3.63) is 63.6 Å². The first-order valence-corrected chi connectivity index (χ1v) is 16.4. The van der Waals surface area contributed by atoms with E-state index in [9.17, 15) is 33.2 Å². The zero-order chi connectivity index (χ0) is 32.5. The molecule has 4 amide bonds. The number of hydrogen-bond donors (Lipinski definition) is 4. The maximum Gasteiger partial charge on any atom is 0.287 e. The summed E-state index contributed by atoms with van der Waals surface area (Å²) in [6, 6.07) is 7.67. The fraction of sp³-hybridized carbons (Fsp3) is 0.455. The molecule has 3 aromatic rings. The Balaban J connectivity index is 1.14. The molecule has 0 unspecified atom stereocenters. The van der Waals surface area contributed by atoms with Gasteiger partial charge in [-0.3, -0.25) is 28.8 Å². The van der Waals surface area contributed by atoms with Gasteiger partial charge in [-0.15, -0.1) is 11.3 Å². The molecule has 13 heteroatoms. The lowest BCUT2D eigenvalue weighted by atomic mass is 9.54. The van der Waals surface area contributed by atoms with Gasteiger partial charge in [-0.25, -0.2) is 4.39 Å². The number of nitrogens with zero attached hydrogens (tertiary/aromatic N) is 1. The third kappa shape index (κ3) is 6.60. The number of carbonyl (C=O) groups excluding carboxylic acids is 5. The number of hydrogen-bond acceptors (Lipinski definition) is 7. The fourth-order valence-corrected chi connectivity index (χ4v) is 8.66. The van der Waals surface area contributed by atoms with Crippen LogP contribution >= 0.6 is 11.3 Å². The van der Waals surface area contributed by atoms with E-state index in [0.717, 1.165) is 48.9 Å². The second kappa shape index (κ2) is 13.1. The lowest BCUT2D eigenvalue weighted by molar-refractivity contribution is -0.137. The Bertz CT molecular complexity index is 1740. The molecule has 2 heterocycles. The monoisotopic (exact) mass is 649 g/mol. The predicted molar refractivity (Wildman–Crippen MR) is 170 cm³/mol. The van der Waals surface area contributed by atoms with Crippen LogP contribution in [0.1, 0.15) is 54.6 Å². The molecule has 4 saturated carbocycles. The Kier molecular flexibility index (Phi) is 9.03. The molecule has 11 nitrogen and oxygen atoms in total. The Morgan fingerprint density at radius 2 is 1.72 bits per heavy atom. The summed E-state index contributed by atoms with van der Waals surface area (Å²) in [5.74, 6) is -1.36. The van der Waals surface area contributed by atoms with E-state index in [0.29, 0.717) is 17.2 Å². The van der Waals surface area contributed by atoms with Crippen LogP contribution < -0.4 is 26.8 Å². The topological polar surface area (TPSA) is 155 Å². The van der Waals surface area contributed by atoms with Gasteiger partial charge in [0.15, 0.2) is 0 Å². The van der Waals surface area contributed by atoms with E-state index in [-0.39, 0.29) is 46.6 Å². The summed E-state index contributed by atoms with van der Waals surface area (Å²) >= 11 is 0.911. The number of Topliss-reactive ketones (excluding diaryl/α,β-unsaturated/α-hetero) is 1. The highest BCUT2D eigenvalue weighted by molar-refractivity contribution is 7.20. The average Bonchev–Trinajstić information content (AvgIpc) is 3.48. The second-order valence-electron chi connectivity index (χ2n) is 12.7. The van der Waals surface area contributed by atoms with Crippen LogP contribution in [0.25, 0.3) is 10.1 Å². The van der Waals surface area contributed by atoms with E-state index in [4.69, 9.17) is 0 Å². The number of fused-ring (bicyclic) bond motifs is 1. The first-order chi connectivity index (χ1) is 22.1. The van der Waals surface area contributed by atoms with Gasteiger partial charge < -0.3 is 25.8 Å². The quantitative estimate of drug-likeness (QED) is 0.234. The number of likely N-dealkylation sites (N-methyl/N-ethyl adjacent to an activating group) is 1. The summed E-state index contributed by atoms with van der Waals surface area (Å²) in [7, 11) is 1.30. The highest BCUT2D eigenvalue weighted by Crippen LogP contribution is 2.53. The van der Waals surface area contributed by atoms with Gasteiger partial charge in [0.1, 0.15) is 24.1 Å². The van der Waals surface area contributed by atoms with Crippen molar-refractivity contribution >= 4 is 56.5 Å². The molecule has 0 aliphatic heterocycles. The molecule has 7 rings (SSSR count). The minimum absolute atomic E-state index is 0.115. The van der Waals surface area contributed by atoms with Crippen LogP contribution in [0.15, 0.2) is 47.4 Å². The molecule has 4 bridgehead atoms. The van der Waals surface area contributed by atoms with Crippen LogP contribution in [-0.2, 0) is 25.7 Å². The van der Waals surface area contributed by atoms with Crippen molar-refractivity contribution in [1.29, 1.82) is 0 Å². The number of nitrogens with one attached hydrogen (secondary N) is 4. The molecule has 46 heavy (non-hydrogen) atoms. The number of anilines is 1. The lowest BCUT2D eigenvalue weighted by Crippen LogP contribution is -2.56. The third-order valence-electron chi connectivity index (χ3n) is 9.63. The number of carbonyl (C=O) groups is 5. The van der Waals surface area contributed by atoms with Crippen LogP contribution in [0.2, 0.25) is 0 Å². The molecule has 4 aliphatic rings. The smallest absolute Gasteiger partial charge is 0.287 e. The number of benzene rings is 1. The lowest BCUT2D eigenvalue weighted by Gasteiger charge is -2.54. The van der Waals surface area contributed by atoms with Gasteiger partial charge in [-0.2, -0.15) is 0 Å².